The van der Waals surface area contributed by atoms with Crippen LogP contribution in [0, 0.1) is 0 Å². The van der Waals surface area contributed by atoms with Crippen LogP contribution in [0.3, 0.4) is 0 Å². The third kappa shape index (κ3) is 4.24. The Morgan fingerprint density at radius 2 is 2.04 bits per heavy atom. The maximum atomic E-state index is 10.2. The van der Waals surface area contributed by atoms with Crippen molar-refractivity contribution in [2.24, 2.45) is 0 Å². The number of phenols is 1. The summed E-state index contributed by atoms with van der Waals surface area (Å²) in [7, 11) is 3.29. The first-order valence-corrected chi connectivity index (χ1v) is 8.58. The number of nitrogens with one attached hydrogen (secondary N) is 1. The Hall–Kier alpha value is -2.24. The molecule has 1 unspecified atom stereocenters. The van der Waals surface area contributed by atoms with E-state index in [1.165, 1.54) is 0 Å². The van der Waals surface area contributed by atoms with Gasteiger partial charge in [0, 0.05) is 30.8 Å². The number of hydrogen-bond donors (Lipinski definition) is 2. The summed E-state index contributed by atoms with van der Waals surface area (Å²) in [4.78, 5) is 0. The van der Waals surface area contributed by atoms with Gasteiger partial charge in [-0.05, 0) is 48.7 Å². The SMILES string of the molecule is COc1ccc(OC)c(-c2ccc(O)c(CNCC3CCCO3)c2)c1. The van der Waals surface area contributed by atoms with Crippen LogP contribution in [0.25, 0.3) is 11.1 Å². The molecule has 2 N–H and O–H groups in total. The lowest BCUT2D eigenvalue weighted by molar-refractivity contribution is 0.110. The zero-order valence-electron chi connectivity index (χ0n) is 14.7. The summed E-state index contributed by atoms with van der Waals surface area (Å²) in [5, 5.41) is 13.5. The molecule has 0 aromatic heterocycles. The van der Waals surface area contributed by atoms with E-state index in [4.69, 9.17) is 14.2 Å². The van der Waals surface area contributed by atoms with Gasteiger partial charge < -0.3 is 24.6 Å². The van der Waals surface area contributed by atoms with Crippen LogP contribution >= 0.6 is 0 Å². The lowest BCUT2D eigenvalue weighted by Gasteiger charge is -2.14. The largest absolute Gasteiger partial charge is 0.508 e. The molecule has 1 fully saturated rings. The molecule has 5 nitrogen and oxygen atoms in total. The van der Waals surface area contributed by atoms with E-state index in [9.17, 15) is 5.11 Å². The van der Waals surface area contributed by atoms with E-state index < -0.39 is 0 Å². The van der Waals surface area contributed by atoms with E-state index in [2.05, 4.69) is 5.32 Å². The van der Waals surface area contributed by atoms with Crippen molar-refractivity contribution < 1.29 is 19.3 Å². The molecule has 3 rings (SSSR count). The predicted octanol–water partition coefficient (Wildman–Crippen LogP) is 3.35. The molecule has 25 heavy (non-hydrogen) atoms. The van der Waals surface area contributed by atoms with E-state index in [1.807, 2.05) is 30.3 Å². The molecule has 0 spiro atoms. The number of hydrogen-bond acceptors (Lipinski definition) is 5. The summed E-state index contributed by atoms with van der Waals surface area (Å²) in [5.74, 6) is 1.82. The van der Waals surface area contributed by atoms with Gasteiger partial charge in [-0.2, -0.15) is 0 Å². The van der Waals surface area contributed by atoms with Crippen molar-refractivity contribution in [2.75, 3.05) is 27.4 Å². The summed E-state index contributed by atoms with van der Waals surface area (Å²) in [6.07, 6.45) is 2.51. The molecule has 0 saturated carbocycles. The molecule has 5 heteroatoms. The Labute approximate surface area is 148 Å². The zero-order valence-corrected chi connectivity index (χ0v) is 14.7. The highest BCUT2D eigenvalue weighted by Gasteiger charge is 2.15. The Morgan fingerprint density at radius 3 is 2.76 bits per heavy atom. The summed E-state index contributed by atoms with van der Waals surface area (Å²) in [5.41, 5.74) is 2.75. The first-order chi connectivity index (χ1) is 12.2. The molecular formula is C20H25NO4. The Bertz CT molecular complexity index is 711. The molecule has 0 bridgehead atoms. The third-order valence-electron chi connectivity index (χ3n) is 4.51. The second-order valence-electron chi connectivity index (χ2n) is 6.18. The topological polar surface area (TPSA) is 60.0 Å². The van der Waals surface area contributed by atoms with Crippen LogP contribution in [0.1, 0.15) is 18.4 Å². The van der Waals surface area contributed by atoms with Gasteiger partial charge in [-0.1, -0.05) is 6.07 Å². The molecule has 2 aromatic carbocycles. The van der Waals surface area contributed by atoms with Gasteiger partial charge in [0.05, 0.1) is 20.3 Å². The van der Waals surface area contributed by atoms with Gasteiger partial charge in [-0.15, -0.1) is 0 Å². The maximum absolute atomic E-state index is 10.2. The molecule has 1 aliphatic heterocycles. The normalized spacial score (nSPS) is 16.8. The Morgan fingerprint density at radius 1 is 1.16 bits per heavy atom. The molecule has 1 saturated heterocycles. The van der Waals surface area contributed by atoms with Gasteiger partial charge >= 0.3 is 0 Å². The summed E-state index contributed by atoms with van der Waals surface area (Å²) in [6, 6.07) is 11.3. The average Bonchev–Trinajstić information content (AvgIpc) is 3.16. The lowest BCUT2D eigenvalue weighted by atomic mass is 10.0. The molecule has 0 aliphatic carbocycles. The van der Waals surface area contributed by atoms with Crippen LogP contribution in [0.15, 0.2) is 36.4 Å². The van der Waals surface area contributed by atoms with Gasteiger partial charge in [0.1, 0.15) is 17.2 Å². The summed E-state index contributed by atoms with van der Waals surface area (Å²) >= 11 is 0. The first-order valence-electron chi connectivity index (χ1n) is 8.58. The predicted molar refractivity (Wildman–Crippen MR) is 97.3 cm³/mol. The van der Waals surface area contributed by atoms with Crippen molar-refractivity contribution in [1.82, 2.24) is 5.32 Å². The van der Waals surface area contributed by atoms with Crippen molar-refractivity contribution in [2.45, 2.75) is 25.5 Å². The van der Waals surface area contributed by atoms with Crippen LogP contribution in [-0.4, -0.2) is 38.6 Å². The summed E-state index contributed by atoms with van der Waals surface area (Å²) < 4.78 is 16.4. The Kier molecular flexibility index (Phi) is 5.79. The number of aromatic hydroxyl groups is 1. The van der Waals surface area contributed by atoms with E-state index in [0.29, 0.717) is 6.54 Å². The second kappa shape index (κ2) is 8.23. The molecule has 1 atom stereocenters. The van der Waals surface area contributed by atoms with E-state index in [-0.39, 0.29) is 11.9 Å². The van der Waals surface area contributed by atoms with Crippen LogP contribution in [-0.2, 0) is 11.3 Å². The van der Waals surface area contributed by atoms with Crippen LogP contribution in [0.2, 0.25) is 0 Å². The highest BCUT2D eigenvalue weighted by atomic mass is 16.5. The van der Waals surface area contributed by atoms with E-state index in [1.54, 1.807) is 20.3 Å². The minimum absolute atomic E-state index is 0.281. The zero-order chi connectivity index (χ0) is 17.6. The van der Waals surface area contributed by atoms with Crippen molar-refractivity contribution in [3.05, 3.63) is 42.0 Å². The standard InChI is InChI=1S/C20H25NO4/c1-23-16-6-8-20(24-2)18(11-16)14-5-7-19(22)15(10-14)12-21-13-17-4-3-9-25-17/h5-8,10-11,17,21-22H,3-4,9,12-13H2,1-2H3. The minimum Gasteiger partial charge on any atom is -0.508 e. The molecule has 0 amide bonds. The number of methoxy groups -OCH3 is 2. The van der Waals surface area contributed by atoms with E-state index in [0.717, 1.165) is 54.2 Å². The Balaban J connectivity index is 1.78. The van der Waals surface area contributed by atoms with E-state index >= 15 is 0 Å². The van der Waals surface area contributed by atoms with Crippen LogP contribution in [0.5, 0.6) is 17.2 Å². The van der Waals surface area contributed by atoms with Crippen LogP contribution in [0.4, 0.5) is 0 Å². The van der Waals surface area contributed by atoms with Crippen molar-refractivity contribution in [3.63, 3.8) is 0 Å². The highest BCUT2D eigenvalue weighted by molar-refractivity contribution is 5.73. The van der Waals surface area contributed by atoms with Gasteiger partial charge in [0.2, 0.25) is 0 Å². The van der Waals surface area contributed by atoms with Crippen molar-refractivity contribution >= 4 is 0 Å². The fourth-order valence-electron chi connectivity index (χ4n) is 3.11. The number of benzene rings is 2. The van der Waals surface area contributed by atoms with Gasteiger partial charge in [0.15, 0.2) is 0 Å². The van der Waals surface area contributed by atoms with Crippen LogP contribution < -0.4 is 14.8 Å². The van der Waals surface area contributed by atoms with Gasteiger partial charge in [-0.3, -0.25) is 0 Å². The average molecular weight is 343 g/mol. The number of rotatable bonds is 7. The maximum Gasteiger partial charge on any atom is 0.126 e. The van der Waals surface area contributed by atoms with Crippen molar-refractivity contribution in [1.29, 1.82) is 0 Å². The van der Waals surface area contributed by atoms with Crippen molar-refractivity contribution in [3.8, 4) is 28.4 Å². The monoisotopic (exact) mass is 343 g/mol. The van der Waals surface area contributed by atoms with Gasteiger partial charge in [0.25, 0.3) is 0 Å². The molecule has 2 aromatic rings. The lowest BCUT2D eigenvalue weighted by Crippen LogP contribution is -2.25. The first kappa shape index (κ1) is 17.6. The number of phenolic OH excluding ortho intramolecular Hbond substituents is 1. The fraction of sp³-hybridized carbons (Fsp3) is 0.400. The summed E-state index contributed by atoms with van der Waals surface area (Å²) in [6.45, 7) is 2.24. The molecule has 1 heterocycles. The molecule has 134 valence electrons. The smallest absolute Gasteiger partial charge is 0.126 e. The van der Waals surface area contributed by atoms with Gasteiger partial charge in [-0.25, -0.2) is 0 Å². The highest BCUT2D eigenvalue weighted by Crippen LogP contribution is 2.35. The second-order valence-corrected chi connectivity index (χ2v) is 6.18. The number of ether oxygens (including phenoxy) is 3. The molecular weight excluding hydrogens is 318 g/mol. The molecule has 0 radical (unpaired) electrons. The molecule has 1 aliphatic rings. The third-order valence-corrected chi connectivity index (χ3v) is 4.51. The quantitative estimate of drug-likeness (QED) is 0.807. The minimum atomic E-state index is 0.281. The fourth-order valence-corrected chi connectivity index (χ4v) is 3.11.